The number of hydrogen-bond acceptors (Lipinski definition) is 7. The maximum absolute atomic E-state index is 14.1. The highest BCUT2D eigenvalue weighted by Gasteiger charge is 2.52. The molecule has 0 spiro atoms. The average molecular weight is 542 g/mol. The Hall–Kier alpha value is -2.50. The van der Waals surface area contributed by atoms with Crippen LogP contribution in [0.25, 0.3) is 0 Å². The lowest BCUT2D eigenvalue weighted by molar-refractivity contribution is 0.0445. The van der Waals surface area contributed by atoms with Gasteiger partial charge in [0, 0.05) is 55.9 Å². The zero-order valence-electron chi connectivity index (χ0n) is 22.8. The van der Waals surface area contributed by atoms with Crippen LogP contribution in [0.5, 0.6) is 0 Å². The van der Waals surface area contributed by atoms with Gasteiger partial charge in [0.1, 0.15) is 5.69 Å². The lowest BCUT2D eigenvalue weighted by atomic mass is 9.99. The predicted molar refractivity (Wildman–Crippen MR) is 145 cm³/mol. The number of urea groups is 1. The Balaban J connectivity index is 1.15. The first-order valence-electron chi connectivity index (χ1n) is 14.0. The number of aromatic nitrogens is 3. The molecule has 2 N–H and O–H groups in total. The summed E-state index contributed by atoms with van der Waals surface area (Å²) in [5, 5.41) is 13.1. The van der Waals surface area contributed by atoms with E-state index in [-0.39, 0.29) is 11.9 Å². The van der Waals surface area contributed by atoms with Gasteiger partial charge < -0.3 is 19.9 Å². The first-order valence-corrected chi connectivity index (χ1v) is 14.9. The quantitative estimate of drug-likeness (QED) is 0.598. The van der Waals surface area contributed by atoms with Crippen LogP contribution >= 0.6 is 11.3 Å². The predicted octanol–water partition coefficient (Wildman–Crippen LogP) is 3.67. The van der Waals surface area contributed by atoms with Crippen molar-refractivity contribution >= 4 is 29.1 Å². The Morgan fingerprint density at radius 2 is 2.05 bits per heavy atom. The molecule has 3 fully saturated rings. The molecular weight excluding hydrogens is 502 g/mol. The van der Waals surface area contributed by atoms with Crippen molar-refractivity contribution in [3.05, 3.63) is 27.3 Å². The minimum absolute atomic E-state index is 0.0798. The minimum atomic E-state index is -0.555. The Morgan fingerprint density at radius 3 is 2.79 bits per heavy atom. The van der Waals surface area contributed by atoms with Gasteiger partial charge >= 0.3 is 6.03 Å². The number of thiazole rings is 1. The molecular formula is C27H39N7O3S. The second-order valence-electron chi connectivity index (χ2n) is 11.9. The van der Waals surface area contributed by atoms with Crippen LogP contribution in [0.15, 0.2) is 5.38 Å². The van der Waals surface area contributed by atoms with Crippen molar-refractivity contribution in [1.29, 1.82) is 0 Å². The molecule has 2 saturated heterocycles. The maximum Gasteiger partial charge on any atom is 0.321 e. The van der Waals surface area contributed by atoms with Crippen molar-refractivity contribution in [2.75, 3.05) is 38.2 Å². The topological polar surface area (TPSA) is 107 Å². The van der Waals surface area contributed by atoms with E-state index >= 15 is 0 Å². The summed E-state index contributed by atoms with van der Waals surface area (Å²) in [4.78, 5) is 38.0. The number of fused-ring (bicyclic) bond motifs is 2. The number of anilines is 1. The molecule has 1 saturated carbocycles. The molecule has 1 aliphatic carbocycles. The van der Waals surface area contributed by atoms with Crippen molar-refractivity contribution in [2.24, 2.45) is 11.8 Å². The summed E-state index contributed by atoms with van der Waals surface area (Å²) in [6.07, 6.45) is 4.15. The second-order valence-corrected chi connectivity index (χ2v) is 12.8. The summed E-state index contributed by atoms with van der Waals surface area (Å²) in [5.74, 6) is 1.45. The largest absolute Gasteiger partial charge is 0.381 e. The number of nitrogens with zero attached hydrogens (tertiary/aromatic N) is 5. The SMILES string of the molecule is CCc1nc(C(=O)Nc2n[nH]c3c2CN(C(=O)N2C[C@@H](C)N(CC4CCOCC4)CC4C[C@@H]42)C3(C)C)cs1. The number of aromatic amines is 1. The van der Waals surface area contributed by atoms with E-state index in [4.69, 9.17) is 4.74 Å². The Labute approximate surface area is 228 Å². The van der Waals surface area contributed by atoms with Gasteiger partial charge in [0.25, 0.3) is 5.91 Å². The fourth-order valence-corrected chi connectivity index (χ4v) is 7.12. The third-order valence-corrected chi connectivity index (χ3v) is 9.93. The van der Waals surface area contributed by atoms with Crippen LogP contribution in [-0.2, 0) is 23.2 Å². The molecule has 6 rings (SSSR count). The number of H-pyrrole nitrogens is 1. The number of carbonyl (C=O) groups is 2. The average Bonchev–Trinajstić information content (AvgIpc) is 3.22. The standard InChI is InChI=1S/C27H39N7O3S/c1-5-22-28-20(15-38-22)25(35)29-24-19-14-34(27(3,4)23(19)30-31-24)26(36)33-11-16(2)32(13-18-10-21(18)33)12-17-6-8-37-9-7-17/h15-18,21H,5-14H2,1-4H3,(H2,29,30,31,35)/t16-,18?,21+/m1/s1. The third-order valence-electron chi connectivity index (χ3n) is 8.94. The summed E-state index contributed by atoms with van der Waals surface area (Å²) in [5.41, 5.74) is 1.60. The van der Waals surface area contributed by atoms with E-state index in [0.29, 0.717) is 42.0 Å². The van der Waals surface area contributed by atoms with E-state index < -0.39 is 5.54 Å². The van der Waals surface area contributed by atoms with Gasteiger partial charge in [0.15, 0.2) is 5.82 Å². The highest BCUT2D eigenvalue weighted by molar-refractivity contribution is 7.09. The molecule has 0 aromatic carbocycles. The molecule has 2 aromatic heterocycles. The highest BCUT2D eigenvalue weighted by atomic mass is 32.1. The normalized spacial score (nSPS) is 27.1. The number of ether oxygens (including phenoxy) is 1. The smallest absolute Gasteiger partial charge is 0.321 e. The molecule has 38 heavy (non-hydrogen) atoms. The number of amides is 3. The molecule has 0 radical (unpaired) electrons. The maximum atomic E-state index is 14.1. The molecule has 206 valence electrons. The second kappa shape index (κ2) is 9.91. The molecule has 3 aliphatic heterocycles. The van der Waals surface area contributed by atoms with Gasteiger partial charge in [-0.2, -0.15) is 5.10 Å². The van der Waals surface area contributed by atoms with Gasteiger partial charge in [-0.1, -0.05) is 6.92 Å². The van der Waals surface area contributed by atoms with Crippen molar-refractivity contribution in [1.82, 2.24) is 29.9 Å². The fraction of sp³-hybridized carbons (Fsp3) is 0.704. The Morgan fingerprint density at radius 1 is 1.26 bits per heavy atom. The minimum Gasteiger partial charge on any atom is -0.381 e. The van der Waals surface area contributed by atoms with Crippen molar-refractivity contribution in [3.8, 4) is 0 Å². The fourth-order valence-electron chi connectivity index (χ4n) is 6.39. The van der Waals surface area contributed by atoms with Gasteiger partial charge in [0.05, 0.1) is 22.8 Å². The summed E-state index contributed by atoms with van der Waals surface area (Å²) in [6.45, 7) is 13.5. The van der Waals surface area contributed by atoms with E-state index in [1.165, 1.54) is 11.3 Å². The van der Waals surface area contributed by atoms with Crippen molar-refractivity contribution < 1.29 is 14.3 Å². The number of hydrogen-bond donors (Lipinski definition) is 2. The third kappa shape index (κ3) is 4.62. The van der Waals surface area contributed by atoms with E-state index in [1.807, 2.05) is 11.8 Å². The number of rotatable bonds is 5. The van der Waals surface area contributed by atoms with Gasteiger partial charge in [-0.25, -0.2) is 9.78 Å². The summed E-state index contributed by atoms with van der Waals surface area (Å²) >= 11 is 1.48. The molecule has 10 nitrogen and oxygen atoms in total. The molecule has 3 atom stereocenters. The lowest BCUT2D eigenvalue weighted by Gasteiger charge is -2.38. The molecule has 5 heterocycles. The van der Waals surface area contributed by atoms with E-state index in [2.05, 4.69) is 51.1 Å². The molecule has 0 bridgehead atoms. The first-order chi connectivity index (χ1) is 18.3. The van der Waals surface area contributed by atoms with Crippen molar-refractivity contribution in [3.63, 3.8) is 0 Å². The molecule has 4 aliphatic rings. The van der Waals surface area contributed by atoms with Crippen LogP contribution < -0.4 is 5.32 Å². The first kappa shape index (κ1) is 25.8. The summed E-state index contributed by atoms with van der Waals surface area (Å²) in [7, 11) is 0. The van der Waals surface area contributed by atoms with Crippen LogP contribution in [0.2, 0.25) is 0 Å². The van der Waals surface area contributed by atoms with Gasteiger partial charge in [-0.15, -0.1) is 11.3 Å². The monoisotopic (exact) mass is 541 g/mol. The lowest BCUT2D eigenvalue weighted by Crippen LogP contribution is -2.52. The summed E-state index contributed by atoms with van der Waals surface area (Å²) in [6, 6.07) is 0.714. The van der Waals surface area contributed by atoms with Crippen LogP contribution in [0.1, 0.15) is 73.7 Å². The highest BCUT2D eigenvalue weighted by Crippen LogP contribution is 2.45. The zero-order chi connectivity index (χ0) is 26.6. The number of carbonyl (C=O) groups excluding carboxylic acids is 2. The molecule has 1 unspecified atom stereocenters. The van der Waals surface area contributed by atoms with Crippen LogP contribution in [0.3, 0.4) is 0 Å². The van der Waals surface area contributed by atoms with Crippen LogP contribution in [0, 0.1) is 11.8 Å². The van der Waals surface area contributed by atoms with Gasteiger partial charge in [-0.3, -0.25) is 14.8 Å². The molecule has 11 heteroatoms. The Kier molecular flexibility index (Phi) is 6.72. The Bertz CT molecular complexity index is 1200. The van der Waals surface area contributed by atoms with Crippen LogP contribution in [-0.4, -0.2) is 86.8 Å². The molecule has 3 amide bonds. The van der Waals surface area contributed by atoms with E-state index in [9.17, 15) is 9.59 Å². The van der Waals surface area contributed by atoms with Crippen molar-refractivity contribution in [2.45, 2.75) is 77.5 Å². The zero-order valence-corrected chi connectivity index (χ0v) is 23.6. The van der Waals surface area contributed by atoms with Crippen LogP contribution in [0.4, 0.5) is 10.6 Å². The number of nitrogens with one attached hydrogen (secondary N) is 2. The van der Waals surface area contributed by atoms with E-state index in [1.54, 1.807) is 5.38 Å². The number of aryl methyl sites for hydroxylation is 1. The van der Waals surface area contributed by atoms with Gasteiger partial charge in [-0.05, 0) is 58.3 Å². The van der Waals surface area contributed by atoms with E-state index in [0.717, 1.165) is 74.8 Å². The summed E-state index contributed by atoms with van der Waals surface area (Å²) < 4.78 is 5.56. The molecule has 2 aromatic rings. The van der Waals surface area contributed by atoms with Gasteiger partial charge in [0.2, 0.25) is 0 Å².